The number of pyridine rings is 1. The van der Waals surface area contributed by atoms with E-state index in [1.165, 1.54) is 45.0 Å². The van der Waals surface area contributed by atoms with Gasteiger partial charge in [0.15, 0.2) is 11.4 Å². The van der Waals surface area contributed by atoms with Crippen molar-refractivity contribution in [3.8, 4) is 11.4 Å². The van der Waals surface area contributed by atoms with Crippen LogP contribution in [0.15, 0.2) is 93.9 Å². The zero-order chi connectivity index (χ0) is 37.6. The van der Waals surface area contributed by atoms with Crippen molar-refractivity contribution in [3.63, 3.8) is 0 Å². The summed E-state index contributed by atoms with van der Waals surface area (Å²) in [7, 11) is 0. The lowest BCUT2D eigenvalue weighted by Gasteiger charge is -2.14. The molecule has 5 rings (SSSR count). The van der Waals surface area contributed by atoms with E-state index in [-0.39, 0.29) is 23.8 Å². The summed E-state index contributed by atoms with van der Waals surface area (Å²) in [6.45, 7) is 6.62. The van der Waals surface area contributed by atoms with Crippen molar-refractivity contribution in [2.24, 2.45) is 5.92 Å². The van der Waals surface area contributed by atoms with Crippen molar-refractivity contribution in [1.29, 1.82) is 0 Å². The summed E-state index contributed by atoms with van der Waals surface area (Å²) in [5.74, 6) is -1.58. The monoisotopic (exact) mass is 783 g/mol. The summed E-state index contributed by atoms with van der Waals surface area (Å²) in [6, 6.07) is 22.9. The topological polar surface area (TPSA) is 149 Å². The SMILES string of the molecule is CCCCC(CC)COC(=O)CCSc1cc(C(=O)O)nn1-c1ccccc1Cl.Cc1cccc(Sc2cc(C(=O)O)nn2-c2ccccc2Cl)n1. The maximum absolute atomic E-state index is 12.1. The van der Waals surface area contributed by atoms with Gasteiger partial charge in [0.25, 0.3) is 0 Å². The van der Waals surface area contributed by atoms with E-state index < -0.39 is 11.9 Å². The Morgan fingerprint density at radius 1 is 0.827 bits per heavy atom. The van der Waals surface area contributed by atoms with E-state index in [0.29, 0.717) is 49.7 Å². The standard InChI is InChI=1S/C21H27ClN2O4S.C16H12ClN3O2S/c1-3-5-8-15(4-2)14-28-20(25)11-12-29-19-13-17(21(26)27)23-24(19)18-10-7-6-9-16(18)22;1-10-5-4-8-14(18-10)23-15-9-12(16(21)22)19-20(15)13-7-3-2-6-11(13)17/h6-7,9-10,13,15H,3-5,8,11-12,14H2,1-2H3,(H,26,27);2-9H,1H3,(H,21,22). The first-order chi connectivity index (χ1) is 25.0. The molecule has 0 amide bonds. The van der Waals surface area contributed by atoms with E-state index >= 15 is 0 Å². The van der Waals surface area contributed by atoms with Crippen molar-refractivity contribution in [2.45, 2.75) is 68.0 Å². The molecular weight excluding hydrogens is 745 g/mol. The smallest absolute Gasteiger partial charge is 0.356 e. The summed E-state index contributed by atoms with van der Waals surface area (Å²) in [6.07, 6.45) is 4.59. The predicted molar refractivity (Wildman–Crippen MR) is 204 cm³/mol. The first-order valence-electron chi connectivity index (χ1n) is 16.6. The van der Waals surface area contributed by atoms with Gasteiger partial charge in [-0.1, -0.05) is 86.6 Å². The molecular formula is C37H39Cl2N5O6S2. The van der Waals surface area contributed by atoms with Gasteiger partial charge < -0.3 is 14.9 Å². The Kier molecular flexibility index (Phi) is 15.6. The van der Waals surface area contributed by atoms with Gasteiger partial charge in [0.2, 0.25) is 0 Å². The number of aromatic nitrogens is 5. The van der Waals surface area contributed by atoms with E-state index in [1.54, 1.807) is 36.4 Å². The second kappa shape index (κ2) is 20.1. The molecule has 52 heavy (non-hydrogen) atoms. The van der Waals surface area contributed by atoms with Crippen molar-refractivity contribution < 1.29 is 29.3 Å². The summed E-state index contributed by atoms with van der Waals surface area (Å²) in [5.41, 5.74) is 1.99. The molecule has 1 unspecified atom stereocenters. The number of nitrogens with zero attached hydrogens (tertiary/aromatic N) is 5. The van der Waals surface area contributed by atoms with E-state index in [0.717, 1.165) is 36.4 Å². The highest BCUT2D eigenvalue weighted by Crippen LogP contribution is 2.32. The number of para-hydroxylation sites is 2. The van der Waals surface area contributed by atoms with E-state index in [1.807, 2.05) is 37.3 Å². The van der Waals surface area contributed by atoms with Gasteiger partial charge in [0.05, 0.1) is 34.4 Å². The molecule has 11 nitrogen and oxygen atoms in total. The number of hydrogen-bond acceptors (Lipinski definition) is 9. The average Bonchev–Trinajstić information content (AvgIpc) is 3.74. The Bertz CT molecular complexity index is 1990. The molecule has 0 aliphatic carbocycles. The van der Waals surface area contributed by atoms with Crippen molar-refractivity contribution >= 4 is 64.6 Å². The largest absolute Gasteiger partial charge is 0.476 e. The van der Waals surface area contributed by atoms with Crippen LogP contribution in [-0.4, -0.2) is 65.0 Å². The first-order valence-corrected chi connectivity index (χ1v) is 19.1. The molecule has 274 valence electrons. The Morgan fingerprint density at radius 3 is 1.94 bits per heavy atom. The van der Waals surface area contributed by atoms with Gasteiger partial charge in [0.1, 0.15) is 15.1 Å². The van der Waals surface area contributed by atoms with E-state index in [2.05, 4.69) is 29.0 Å². The fourth-order valence-electron chi connectivity index (χ4n) is 4.81. The van der Waals surface area contributed by atoms with Crippen LogP contribution >= 0.6 is 46.7 Å². The molecule has 0 fully saturated rings. The van der Waals surface area contributed by atoms with Crippen LogP contribution in [0.4, 0.5) is 0 Å². The van der Waals surface area contributed by atoms with Crippen LogP contribution in [0.3, 0.4) is 0 Å². The number of carboxylic acid groups (broad SMARTS) is 2. The lowest BCUT2D eigenvalue weighted by atomic mass is 10.0. The summed E-state index contributed by atoms with van der Waals surface area (Å²) >= 11 is 15.1. The minimum atomic E-state index is -1.12. The van der Waals surface area contributed by atoms with Gasteiger partial charge in [-0.3, -0.25) is 4.79 Å². The zero-order valence-corrected chi connectivity index (χ0v) is 32.0. The van der Waals surface area contributed by atoms with Crippen LogP contribution < -0.4 is 0 Å². The number of aryl methyl sites for hydroxylation is 1. The minimum absolute atomic E-state index is 0.0416. The number of halogens is 2. The van der Waals surface area contributed by atoms with Gasteiger partial charge in [0, 0.05) is 23.6 Å². The average molecular weight is 785 g/mol. The number of ether oxygens (including phenoxy) is 1. The highest BCUT2D eigenvalue weighted by molar-refractivity contribution is 7.99. The van der Waals surface area contributed by atoms with Gasteiger partial charge in [-0.05, 0) is 67.4 Å². The molecule has 15 heteroatoms. The molecule has 2 N–H and O–H groups in total. The Morgan fingerprint density at radius 2 is 1.40 bits per heavy atom. The molecule has 2 aromatic carbocycles. The number of thioether (sulfide) groups is 1. The maximum atomic E-state index is 12.1. The quantitative estimate of drug-likeness (QED) is 0.0728. The Hall–Kier alpha value is -4.30. The fourth-order valence-corrected chi connectivity index (χ4v) is 7.12. The third-order valence-corrected chi connectivity index (χ3v) is 10.2. The molecule has 0 bridgehead atoms. The Balaban J connectivity index is 0.000000238. The molecule has 3 heterocycles. The number of carbonyl (C=O) groups excluding carboxylic acids is 1. The van der Waals surface area contributed by atoms with Gasteiger partial charge >= 0.3 is 17.9 Å². The number of unbranched alkanes of at least 4 members (excludes halogenated alkanes) is 1. The van der Waals surface area contributed by atoms with Gasteiger partial charge in [-0.25, -0.2) is 23.9 Å². The van der Waals surface area contributed by atoms with Crippen molar-refractivity contribution in [2.75, 3.05) is 12.4 Å². The summed E-state index contributed by atoms with van der Waals surface area (Å²) in [4.78, 5) is 39.1. The highest BCUT2D eigenvalue weighted by Gasteiger charge is 2.19. The Labute approximate surface area is 320 Å². The number of aromatic carboxylic acids is 2. The number of hydrogen-bond donors (Lipinski definition) is 2. The number of carboxylic acids is 2. The number of carbonyl (C=O) groups is 3. The molecule has 1 atom stereocenters. The molecule has 3 aromatic heterocycles. The van der Waals surface area contributed by atoms with E-state index in [4.69, 9.17) is 27.9 Å². The number of benzene rings is 2. The molecule has 0 saturated heterocycles. The molecule has 0 aliphatic rings. The highest BCUT2D eigenvalue weighted by atomic mass is 35.5. The van der Waals surface area contributed by atoms with Gasteiger partial charge in [-0.15, -0.1) is 11.8 Å². The predicted octanol–water partition coefficient (Wildman–Crippen LogP) is 9.54. The lowest BCUT2D eigenvalue weighted by Crippen LogP contribution is -2.14. The summed E-state index contributed by atoms with van der Waals surface area (Å²) in [5, 5.41) is 29.7. The van der Waals surface area contributed by atoms with Crippen molar-refractivity contribution in [1.82, 2.24) is 24.5 Å². The maximum Gasteiger partial charge on any atom is 0.356 e. The fraction of sp³-hybridized carbons (Fsp3) is 0.297. The number of esters is 1. The van der Waals surface area contributed by atoms with E-state index in [9.17, 15) is 24.6 Å². The van der Waals surface area contributed by atoms with Crippen LogP contribution in [0.2, 0.25) is 10.0 Å². The van der Waals surface area contributed by atoms with Crippen molar-refractivity contribution in [3.05, 3.63) is 106 Å². The summed E-state index contributed by atoms with van der Waals surface area (Å²) < 4.78 is 8.45. The third kappa shape index (κ3) is 11.6. The molecule has 5 aromatic rings. The molecule has 0 saturated carbocycles. The first kappa shape index (κ1) is 40.5. The lowest BCUT2D eigenvalue weighted by molar-refractivity contribution is -0.144. The normalized spacial score (nSPS) is 11.4. The van der Waals surface area contributed by atoms with Crippen LogP contribution in [0, 0.1) is 12.8 Å². The van der Waals surface area contributed by atoms with Crippen LogP contribution in [0.5, 0.6) is 0 Å². The van der Waals surface area contributed by atoms with Crippen LogP contribution in [0.1, 0.15) is 72.6 Å². The van der Waals surface area contributed by atoms with Crippen LogP contribution in [0.25, 0.3) is 11.4 Å². The second-order valence-corrected chi connectivity index (χ2v) is 14.5. The van der Waals surface area contributed by atoms with Gasteiger partial charge in [-0.2, -0.15) is 10.2 Å². The number of rotatable bonds is 16. The minimum Gasteiger partial charge on any atom is -0.476 e. The second-order valence-electron chi connectivity index (χ2n) is 11.5. The third-order valence-electron chi connectivity index (χ3n) is 7.60. The molecule has 0 spiro atoms. The molecule has 0 aliphatic heterocycles. The van der Waals surface area contributed by atoms with Crippen LogP contribution in [-0.2, 0) is 9.53 Å². The molecule has 0 radical (unpaired) electrons. The zero-order valence-electron chi connectivity index (χ0n) is 28.9.